The van der Waals surface area contributed by atoms with E-state index in [9.17, 15) is 4.79 Å². The van der Waals surface area contributed by atoms with Crippen LogP contribution in [-0.4, -0.2) is 18.4 Å². The molecule has 1 N–H and O–H groups in total. The maximum absolute atomic E-state index is 10.0. The Balaban J connectivity index is 0.00000169. The summed E-state index contributed by atoms with van der Waals surface area (Å²) in [6.45, 7) is 0.0688. The van der Waals surface area contributed by atoms with Crippen LogP contribution >= 0.6 is 12.4 Å². The largest absolute Gasteiger partial charge is 0.506 e. The van der Waals surface area contributed by atoms with Gasteiger partial charge in [-0.2, -0.15) is 0 Å². The number of hydrogen-bond donors (Lipinski definition) is 1. The molecule has 1 aromatic rings. The molecular weight excluding hydrogens is 208 g/mol. The van der Waals surface area contributed by atoms with E-state index in [0.717, 1.165) is 11.3 Å². The van der Waals surface area contributed by atoms with Gasteiger partial charge in [0.25, 0.3) is 0 Å². The van der Waals surface area contributed by atoms with E-state index in [2.05, 4.69) is 4.74 Å². The normalized spacial score (nSPS) is 8.64. The van der Waals surface area contributed by atoms with Crippen molar-refractivity contribution in [3.63, 3.8) is 0 Å². The van der Waals surface area contributed by atoms with E-state index < -0.39 is 6.16 Å². The van der Waals surface area contributed by atoms with Crippen molar-refractivity contribution in [1.29, 1.82) is 0 Å². The zero-order valence-corrected chi connectivity index (χ0v) is 8.41. The van der Waals surface area contributed by atoms with E-state index in [1.165, 1.54) is 0 Å². The molecule has 1 rings (SSSR count). The van der Waals surface area contributed by atoms with Crippen LogP contribution in [0, 0.1) is 0 Å². The van der Waals surface area contributed by atoms with Crippen molar-refractivity contribution < 1.29 is 19.4 Å². The van der Waals surface area contributed by atoms with Crippen molar-refractivity contribution >= 4 is 18.6 Å². The Morgan fingerprint density at radius 2 is 1.93 bits per heavy atom. The van der Waals surface area contributed by atoms with Crippen molar-refractivity contribution in [2.75, 3.05) is 7.11 Å². The molecule has 5 heteroatoms. The molecule has 0 radical (unpaired) electrons. The maximum atomic E-state index is 10.0. The van der Waals surface area contributed by atoms with Crippen LogP contribution in [0.15, 0.2) is 24.3 Å². The molecule has 0 fully saturated rings. The minimum Gasteiger partial charge on any atom is -0.497 e. The first kappa shape index (κ1) is 12.6. The molecule has 0 amide bonds. The molecule has 0 aromatic heterocycles. The van der Waals surface area contributed by atoms with Gasteiger partial charge >= 0.3 is 6.16 Å². The monoisotopic (exact) mass is 218 g/mol. The van der Waals surface area contributed by atoms with Gasteiger partial charge in [0.15, 0.2) is 0 Å². The molecule has 0 bridgehead atoms. The number of halogens is 1. The molecule has 78 valence electrons. The third-order valence-electron chi connectivity index (χ3n) is 1.52. The average Bonchev–Trinajstić information content (AvgIpc) is 2.15. The lowest BCUT2D eigenvalue weighted by molar-refractivity contribution is 0.0854. The second-order valence-electron chi connectivity index (χ2n) is 2.40. The van der Waals surface area contributed by atoms with Crippen LogP contribution in [0.2, 0.25) is 0 Å². The Bertz CT molecular complexity index is 283. The highest BCUT2D eigenvalue weighted by molar-refractivity contribution is 5.85. The summed E-state index contributed by atoms with van der Waals surface area (Å²) in [5, 5.41) is 8.23. The summed E-state index contributed by atoms with van der Waals surface area (Å²) in [5.41, 5.74) is 0.795. The number of methoxy groups -OCH3 is 1. The van der Waals surface area contributed by atoms with Crippen LogP contribution in [-0.2, 0) is 11.3 Å². The topological polar surface area (TPSA) is 55.8 Å². The lowest BCUT2D eigenvalue weighted by Gasteiger charge is -2.02. The molecule has 0 spiro atoms. The second-order valence-corrected chi connectivity index (χ2v) is 2.40. The van der Waals surface area contributed by atoms with Crippen molar-refractivity contribution in [2.24, 2.45) is 0 Å². The van der Waals surface area contributed by atoms with Crippen LogP contribution in [0.5, 0.6) is 5.75 Å². The molecule has 0 saturated heterocycles. The standard InChI is InChI=1S/C9H10O4.ClH/c1-12-8-4-2-7(3-5-8)6-13-9(10)11;/h2-5H,6H2,1H3,(H,10,11);1H. The molecule has 0 saturated carbocycles. The third kappa shape index (κ3) is 4.00. The molecule has 0 unspecified atom stereocenters. The summed E-state index contributed by atoms with van der Waals surface area (Å²) in [5.74, 6) is 0.735. The van der Waals surface area contributed by atoms with Gasteiger partial charge in [-0.3, -0.25) is 0 Å². The van der Waals surface area contributed by atoms with E-state index in [0.29, 0.717) is 0 Å². The van der Waals surface area contributed by atoms with E-state index in [-0.39, 0.29) is 19.0 Å². The summed E-state index contributed by atoms with van der Waals surface area (Å²) < 4.78 is 9.31. The van der Waals surface area contributed by atoms with Gasteiger partial charge in [0.1, 0.15) is 12.4 Å². The van der Waals surface area contributed by atoms with Crippen LogP contribution in [0.3, 0.4) is 0 Å². The average molecular weight is 219 g/mol. The van der Waals surface area contributed by atoms with Crippen LogP contribution in [0.25, 0.3) is 0 Å². The predicted molar refractivity (Wildman–Crippen MR) is 53.1 cm³/mol. The van der Waals surface area contributed by atoms with Crippen molar-refractivity contribution in [3.8, 4) is 5.75 Å². The number of ether oxygens (including phenoxy) is 2. The first-order chi connectivity index (χ1) is 6.22. The molecule has 1 aromatic carbocycles. The number of hydrogen-bond acceptors (Lipinski definition) is 3. The van der Waals surface area contributed by atoms with E-state index >= 15 is 0 Å². The quantitative estimate of drug-likeness (QED) is 0.791. The molecule has 0 aliphatic heterocycles. The van der Waals surface area contributed by atoms with E-state index in [1.807, 2.05) is 0 Å². The highest BCUT2D eigenvalue weighted by atomic mass is 35.5. The number of rotatable bonds is 3. The summed E-state index contributed by atoms with van der Waals surface area (Å²) in [4.78, 5) is 10.0. The molecule has 0 atom stereocenters. The fourth-order valence-electron chi connectivity index (χ4n) is 0.867. The maximum Gasteiger partial charge on any atom is 0.506 e. The Morgan fingerprint density at radius 1 is 1.36 bits per heavy atom. The number of carbonyl (C=O) groups is 1. The molecular formula is C9H11ClO4. The second kappa shape index (κ2) is 6.10. The lowest BCUT2D eigenvalue weighted by Crippen LogP contribution is -1.99. The summed E-state index contributed by atoms with van der Waals surface area (Å²) in [6, 6.07) is 7.00. The SMILES string of the molecule is COc1ccc(COC(=O)O)cc1.Cl. The number of benzene rings is 1. The molecule has 14 heavy (non-hydrogen) atoms. The first-order valence-corrected chi connectivity index (χ1v) is 3.71. The van der Waals surface area contributed by atoms with Gasteiger partial charge in [0.2, 0.25) is 0 Å². The highest BCUT2D eigenvalue weighted by Crippen LogP contribution is 2.11. The van der Waals surface area contributed by atoms with Gasteiger partial charge < -0.3 is 14.6 Å². The van der Waals surface area contributed by atoms with E-state index in [1.54, 1.807) is 31.4 Å². The summed E-state index contributed by atoms with van der Waals surface area (Å²) in [7, 11) is 1.57. The van der Waals surface area contributed by atoms with Gasteiger partial charge in [-0.05, 0) is 17.7 Å². The van der Waals surface area contributed by atoms with Crippen molar-refractivity contribution in [2.45, 2.75) is 6.61 Å². The molecule has 0 aliphatic rings. The highest BCUT2D eigenvalue weighted by Gasteiger charge is 1.98. The van der Waals surface area contributed by atoms with Crippen LogP contribution in [0.4, 0.5) is 4.79 Å². The Kier molecular flexibility index (Phi) is 5.48. The summed E-state index contributed by atoms with van der Waals surface area (Å²) in [6.07, 6.45) is -1.27. The third-order valence-corrected chi connectivity index (χ3v) is 1.52. The van der Waals surface area contributed by atoms with Gasteiger partial charge in [0, 0.05) is 0 Å². The van der Waals surface area contributed by atoms with Gasteiger partial charge in [-0.25, -0.2) is 4.79 Å². The smallest absolute Gasteiger partial charge is 0.497 e. The van der Waals surface area contributed by atoms with Gasteiger partial charge in [-0.15, -0.1) is 12.4 Å². The minimum atomic E-state index is -1.27. The molecule has 0 aliphatic carbocycles. The van der Waals surface area contributed by atoms with Crippen LogP contribution < -0.4 is 4.74 Å². The Morgan fingerprint density at radius 3 is 2.36 bits per heavy atom. The lowest BCUT2D eigenvalue weighted by atomic mass is 10.2. The van der Waals surface area contributed by atoms with E-state index in [4.69, 9.17) is 9.84 Å². The van der Waals surface area contributed by atoms with Crippen molar-refractivity contribution in [1.82, 2.24) is 0 Å². The van der Waals surface area contributed by atoms with Crippen LogP contribution in [0.1, 0.15) is 5.56 Å². The predicted octanol–water partition coefficient (Wildman–Crippen LogP) is 2.31. The number of carboxylic acid groups (broad SMARTS) is 1. The Labute approximate surface area is 87.9 Å². The van der Waals surface area contributed by atoms with Crippen molar-refractivity contribution in [3.05, 3.63) is 29.8 Å². The zero-order chi connectivity index (χ0) is 9.68. The molecule has 0 heterocycles. The Hall–Kier alpha value is -1.42. The van der Waals surface area contributed by atoms with Gasteiger partial charge in [-0.1, -0.05) is 12.1 Å². The first-order valence-electron chi connectivity index (χ1n) is 3.71. The van der Waals surface area contributed by atoms with Gasteiger partial charge in [0.05, 0.1) is 7.11 Å². The minimum absolute atomic E-state index is 0. The fourth-order valence-corrected chi connectivity index (χ4v) is 0.867. The fraction of sp³-hybridized carbons (Fsp3) is 0.222. The zero-order valence-electron chi connectivity index (χ0n) is 7.60. The summed E-state index contributed by atoms with van der Waals surface area (Å²) >= 11 is 0. The molecule has 4 nitrogen and oxygen atoms in total.